The number of carbonyl (C=O) groups excluding carboxylic acids is 1. The van der Waals surface area contributed by atoms with Crippen LogP contribution in [0.4, 0.5) is 10.1 Å². The molecule has 0 N–H and O–H groups in total. The number of hydrogen-bond acceptors (Lipinski definition) is 8. The second-order valence-electron chi connectivity index (χ2n) is 9.50. The highest BCUT2D eigenvalue weighted by atomic mass is 32.2. The lowest BCUT2D eigenvalue weighted by Gasteiger charge is -2.35. The van der Waals surface area contributed by atoms with E-state index < -0.39 is 0 Å². The Bertz CT molecular complexity index is 1430. The Kier molecular flexibility index (Phi) is 7.10. The number of morpholine rings is 1. The Morgan fingerprint density at radius 1 is 1.00 bits per heavy atom. The van der Waals surface area contributed by atoms with Crippen LogP contribution in [-0.4, -0.2) is 89.9 Å². The Morgan fingerprint density at radius 3 is 2.58 bits per heavy atom. The number of nitrogens with zero attached hydrogens (tertiary/aromatic N) is 6. The van der Waals surface area contributed by atoms with Crippen molar-refractivity contribution in [1.82, 2.24) is 19.8 Å². The van der Waals surface area contributed by atoms with Crippen molar-refractivity contribution in [2.24, 2.45) is 4.99 Å². The van der Waals surface area contributed by atoms with Crippen LogP contribution >= 0.6 is 11.8 Å². The van der Waals surface area contributed by atoms with Crippen LogP contribution in [0.15, 0.2) is 52.6 Å². The zero-order chi connectivity index (χ0) is 26.1. The number of amidine groups is 1. The van der Waals surface area contributed by atoms with Gasteiger partial charge in [0.05, 0.1) is 35.0 Å². The number of hydrogen-bond donors (Lipinski definition) is 0. The number of piperazine rings is 1. The number of aromatic nitrogens is 2. The van der Waals surface area contributed by atoms with Crippen molar-refractivity contribution in [3.8, 4) is 11.3 Å². The van der Waals surface area contributed by atoms with E-state index in [1.54, 1.807) is 6.07 Å². The summed E-state index contributed by atoms with van der Waals surface area (Å²) in [7, 11) is 0. The van der Waals surface area contributed by atoms with Gasteiger partial charge in [0, 0.05) is 50.2 Å². The van der Waals surface area contributed by atoms with Crippen LogP contribution in [0.2, 0.25) is 0 Å². The number of amides is 1. The second-order valence-corrected chi connectivity index (χ2v) is 10.5. The fourth-order valence-corrected chi connectivity index (χ4v) is 6.01. The summed E-state index contributed by atoms with van der Waals surface area (Å²) in [4.78, 5) is 32.9. The molecule has 0 radical (unpaired) electrons. The van der Waals surface area contributed by atoms with Crippen molar-refractivity contribution in [2.45, 2.75) is 6.92 Å². The summed E-state index contributed by atoms with van der Waals surface area (Å²) in [5.74, 6) is -0.489. The molecule has 0 unspecified atom stereocenters. The third-order valence-electron chi connectivity index (χ3n) is 7.23. The van der Waals surface area contributed by atoms with E-state index in [0.29, 0.717) is 35.1 Å². The topological polar surface area (TPSA) is 74.2 Å². The van der Waals surface area contributed by atoms with Crippen molar-refractivity contribution in [3.05, 3.63) is 59.0 Å². The van der Waals surface area contributed by atoms with Crippen molar-refractivity contribution >= 4 is 45.5 Å². The number of fused-ring (bicyclic) bond motifs is 1. The Balaban J connectivity index is 1.27. The Labute approximate surface area is 225 Å². The number of carbonyl (C=O) groups is 1. The number of halogens is 1. The summed E-state index contributed by atoms with van der Waals surface area (Å²) in [5.41, 5.74) is 3.58. The highest BCUT2D eigenvalue weighted by Crippen LogP contribution is 2.33. The monoisotopic (exact) mass is 532 g/mol. The minimum absolute atomic E-state index is 0.237. The van der Waals surface area contributed by atoms with Gasteiger partial charge in [-0.25, -0.2) is 14.4 Å². The summed E-state index contributed by atoms with van der Waals surface area (Å²) >= 11 is 1.39. The lowest BCUT2D eigenvalue weighted by atomic mass is 10.0. The molecular weight excluding hydrogens is 503 g/mol. The van der Waals surface area contributed by atoms with Gasteiger partial charge in [-0.15, -0.1) is 0 Å². The molecule has 1 amide bonds. The van der Waals surface area contributed by atoms with Gasteiger partial charge in [-0.05, 0) is 54.2 Å². The Morgan fingerprint density at radius 2 is 1.82 bits per heavy atom. The summed E-state index contributed by atoms with van der Waals surface area (Å²) in [6.07, 6.45) is 3.35. The lowest BCUT2D eigenvalue weighted by Crippen LogP contribution is -2.46. The molecule has 0 saturated carbocycles. The van der Waals surface area contributed by atoms with E-state index in [9.17, 15) is 4.79 Å². The first-order valence-corrected chi connectivity index (χ1v) is 13.8. The molecule has 196 valence electrons. The second kappa shape index (κ2) is 10.8. The molecule has 3 aliphatic heterocycles. The fraction of sp³-hybridized carbons (Fsp3) is 0.357. The number of aliphatic imine (C=N–C) groups is 1. The van der Waals surface area contributed by atoms with Crippen molar-refractivity contribution < 1.29 is 13.9 Å². The molecule has 10 heteroatoms. The maximum Gasteiger partial charge on any atom is 0.286 e. The predicted molar refractivity (Wildman–Crippen MR) is 150 cm³/mol. The van der Waals surface area contributed by atoms with Gasteiger partial charge in [0.2, 0.25) is 0 Å². The first-order chi connectivity index (χ1) is 18.6. The van der Waals surface area contributed by atoms with Crippen LogP contribution in [0.5, 0.6) is 0 Å². The van der Waals surface area contributed by atoms with Crippen LogP contribution in [0, 0.1) is 5.82 Å². The van der Waals surface area contributed by atoms with E-state index in [1.807, 2.05) is 36.4 Å². The third-order valence-corrected chi connectivity index (χ3v) is 8.27. The highest BCUT2D eigenvalue weighted by Gasteiger charge is 2.27. The predicted octanol–water partition coefficient (Wildman–Crippen LogP) is 3.88. The molecule has 0 aliphatic carbocycles. The number of benzene rings is 2. The van der Waals surface area contributed by atoms with Crippen LogP contribution in [0.25, 0.3) is 28.2 Å². The normalized spacial score (nSPS) is 20.0. The van der Waals surface area contributed by atoms with Crippen LogP contribution in [-0.2, 0) is 9.53 Å². The minimum Gasteiger partial charge on any atom is -0.378 e. The molecule has 0 bridgehead atoms. The van der Waals surface area contributed by atoms with E-state index in [1.165, 1.54) is 18.1 Å². The van der Waals surface area contributed by atoms with Crippen molar-refractivity contribution in [2.75, 3.05) is 63.9 Å². The molecule has 3 aliphatic rings. The summed E-state index contributed by atoms with van der Waals surface area (Å²) in [6.45, 7) is 9.40. The molecule has 0 spiro atoms. The molecule has 4 heterocycles. The van der Waals surface area contributed by atoms with Crippen molar-refractivity contribution in [1.29, 1.82) is 0 Å². The molecule has 8 nitrogen and oxygen atoms in total. The molecule has 6 rings (SSSR count). The molecular formula is C28H29FN6O2S. The molecule has 0 atom stereocenters. The van der Waals surface area contributed by atoms with Gasteiger partial charge in [0.25, 0.3) is 5.91 Å². The van der Waals surface area contributed by atoms with Crippen LogP contribution in [0.3, 0.4) is 0 Å². The summed E-state index contributed by atoms with van der Waals surface area (Å²) < 4.78 is 20.7. The maximum atomic E-state index is 15.3. The SMILES string of the molecule is CCN1CCN(c2ccc(-c3ncnc4ccc(/C=C5\SC(N6CCOCC6)=NC5=O)cc34)cc2F)CC1. The van der Waals surface area contributed by atoms with Gasteiger partial charge < -0.3 is 19.4 Å². The minimum atomic E-state index is -0.252. The van der Waals surface area contributed by atoms with Gasteiger partial charge in [0.1, 0.15) is 12.1 Å². The smallest absolute Gasteiger partial charge is 0.286 e. The van der Waals surface area contributed by atoms with Crippen LogP contribution < -0.4 is 4.90 Å². The zero-order valence-electron chi connectivity index (χ0n) is 21.3. The van der Waals surface area contributed by atoms with E-state index >= 15 is 4.39 Å². The number of likely N-dealkylation sites (N-methyl/N-ethyl adjacent to an activating group) is 1. The molecule has 3 aromatic rings. The first-order valence-electron chi connectivity index (χ1n) is 13.0. The lowest BCUT2D eigenvalue weighted by molar-refractivity contribution is -0.113. The van der Waals surface area contributed by atoms with E-state index in [0.717, 1.165) is 67.4 Å². The number of anilines is 1. The van der Waals surface area contributed by atoms with Crippen LogP contribution in [0.1, 0.15) is 12.5 Å². The van der Waals surface area contributed by atoms with Gasteiger partial charge >= 0.3 is 0 Å². The highest BCUT2D eigenvalue weighted by molar-refractivity contribution is 8.18. The molecule has 2 aromatic carbocycles. The van der Waals surface area contributed by atoms with E-state index in [-0.39, 0.29) is 11.7 Å². The molecule has 2 fully saturated rings. The fourth-order valence-electron chi connectivity index (χ4n) is 5.05. The van der Waals surface area contributed by atoms with Crippen molar-refractivity contribution in [3.63, 3.8) is 0 Å². The van der Waals surface area contributed by atoms with Gasteiger partial charge in [-0.3, -0.25) is 4.79 Å². The summed E-state index contributed by atoms with van der Waals surface area (Å²) in [6, 6.07) is 11.1. The zero-order valence-corrected chi connectivity index (χ0v) is 22.1. The summed E-state index contributed by atoms with van der Waals surface area (Å²) in [5, 5.41) is 1.52. The first kappa shape index (κ1) is 25.0. The number of ether oxygens (including phenoxy) is 1. The number of thioether (sulfide) groups is 1. The van der Waals surface area contributed by atoms with Gasteiger partial charge in [-0.1, -0.05) is 19.1 Å². The van der Waals surface area contributed by atoms with E-state index in [2.05, 4.69) is 36.6 Å². The molecule has 2 saturated heterocycles. The number of rotatable bonds is 4. The Hall–Kier alpha value is -3.34. The largest absolute Gasteiger partial charge is 0.378 e. The van der Waals surface area contributed by atoms with E-state index in [4.69, 9.17) is 4.74 Å². The van der Waals surface area contributed by atoms with Gasteiger partial charge in [-0.2, -0.15) is 4.99 Å². The average Bonchev–Trinajstić information content (AvgIpc) is 3.33. The standard InChI is InChI=1S/C28H29FN6O2S/c1-2-33-7-9-34(10-8-33)24-6-4-20(17-22(24)29)26-21-15-19(3-5-23(21)30-18-31-26)16-25-27(36)32-28(38-25)35-11-13-37-14-12-35/h3-6,15-18H,2,7-14H2,1H3/b25-16-. The molecule has 38 heavy (non-hydrogen) atoms. The maximum absolute atomic E-state index is 15.3. The third kappa shape index (κ3) is 5.03. The molecule has 1 aromatic heterocycles. The average molecular weight is 533 g/mol. The van der Waals surface area contributed by atoms with Gasteiger partial charge in [0.15, 0.2) is 5.17 Å². The quantitative estimate of drug-likeness (QED) is 0.469.